The average Bonchev–Trinajstić information content (AvgIpc) is 2.98. The second-order valence-corrected chi connectivity index (χ2v) is 6.17. The molecule has 6 heteroatoms. The molecule has 1 fully saturated rings. The molecule has 4 rings (SSSR count). The van der Waals surface area contributed by atoms with Crippen LogP contribution in [0.5, 0.6) is 5.75 Å². The van der Waals surface area contributed by atoms with Crippen LogP contribution in [0.25, 0.3) is 5.65 Å². The van der Waals surface area contributed by atoms with Crippen LogP contribution in [0.2, 0.25) is 0 Å². The summed E-state index contributed by atoms with van der Waals surface area (Å²) in [5.74, 6) is 1.67. The molecule has 0 bridgehead atoms. The van der Waals surface area contributed by atoms with E-state index in [1.807, 2.05) is 37.4 Å². The SMILES string of the molecule is CCOc1ccccc1C(=O)Nc1cccn2nc(C3CCC3)nc12. The van der Waals surface area contributed by atoms with E-state index in [4.69, 9.17) is 4.74 Å². The Bertz CT molecular complexity index is 915. The molecule has 0 unspecified atom stereocenters. The van der Waals surface area contributed by atoms with Crippen LogP contribution in [0.15, 0.2) is 42.6 Å². The number of amides is 1. The molecule has 1 aliphatic carbocycles. The topological polar surface area (TPSA) is 68.5 Å². The number of benzene rings is 1. The van der Waals surface area contributed by atoms with Gasteiger partial charge < -0.3 is 10.1 Å². The van der Waals surface area contributed by atoms with Gasteiger partial charge in [-0.05, 0) is 44.0 Å². The number of pyridine rings is 1. The molecule has 6 nitrogen and oxygen atoms in total. The minimum atomic E-state index is -0.217. The molecule has 25 heavy (non-hydrogen) atoms. The summed E-state index contributed by atoms with van der Waals surface area (Å²) in [5, 5.41) is 7.50. The first kappa shape index (κ1) is 15.6. The van der Waals surface area contributed by atoms with Crippen molar-refractivity contribution in [2.75, 3.05) is 11.9 Å². The highest BCUT2D eigenvalue weighted by molar-refractivity contribution is 6.07. The molecule has 0 spiro atoms. The lowest BCUT2D eigenvalue weighted by Crippen LogP contribution is -2.14. The van der Waals surface area contributed by atoms with Crippen LogP contribution in [0.1, 0.15) is 48.3 Å². The van der Waals surface area contributed by atoms with Gasteiger partial charge in [-0.2, -0.15) is 5.10 Å². The van der Waals surface area contributed by atoms with E-state index in [2.05, 4.69) is 15.4 Å². The molecule has 1 aliphatic rings. The first-order valence-electron chi connectivity index (χ1n) is 8.64. The summed E-state index contributed by atoms with van der Waals surface area (Å²) in [4.78, 5) is 17.4. The van der Waals surface area contributed by atoms with Crippen molar-refractivity contribution in [3.63, 3.8) is 0 Å². The lowest BCUT2D eigenvalue weighted by molar-refractivity contribution is 0.102. The number of carbonyl (C=O) groups excluding carboxylic acids is 1. The van der Waals surface area contributed by atoms with Crippen molar-refractivity contribution in [3.8, 4) is 5.75 Å². The third kappa shape index (κ3) is 2.95. The van der Waals surface area contributed by atoms with Gasteiger partial charge in [-0.3, -0.25) is 4.79 Å². The van der Waals surface area contributed by atoms with Crippen LogP contribution in [0, 0.1) is 0 Å². The fraction of sp³-hybridized carbons (Fsp3) is 0.316. The largest absolute Gasteiger partial charge is 0.493 e. The van der Waals surface area contributed by atoms with E-state index in [-0.39, 0.29) is 5.91 Å². The number of hydrogen-bond acceptors (Lipinski definition) is 4. The van der Waals surface area contributed by atoms with E-state index in [1.165, 1.54) is 6.42 Å². The van der Waals surface area contributed by atoms with Crippen LogP contribution < -0.4 is 10.1 Å². The number of carbonyl (C=O) groups is 1. The number of hydrogen-bond donors (Lipinski definition) is 1. The zero-order chi connectivity index (χ0) is 17.2. The van der Waals surface area contributed by atoms with E-state index < -0.39 is 0 Å². The van der Waals surface area contributed by atoms with Crippen LogP contribution in [-0.4, -0.2) is 27.1 Å². The molecule has 0 saturated heterocycles. The highest BCUT2D eigenvalue weighted by Crippen LogP contribution is 2.35. The van der Waals surface area contributed by atoms with Gasteiger partial charge in [0.25, 0.3) is 5.91 Å². The van der Waals surface area contributed by atoms with Crippen molar-refractivity contribution in [1.29, 1.82) is 0 Å². The number of aromatic nitrogens is 3. The van der Waals surface area contributed by atoms with Crippen LogP contribution >= 0.6 is 0 Å². The van der Waals surface area contributed by atoms with Gasteiger partial charge in [-0.25, -0.2) is 9.50 Å². The Balaban J connectivity index is 1.64. The molecular formula is C19H20N4O2. The summed E-state index contributed by atoms with van der Waals surface area (Å²) >= 11 is 0. The van der Waals surface area contributed by atoms with Crippen molar-refractivity contribution >= 4 is 17.2 Å². The van der Waals surface area contributed by atoms with Crippen molar-refractivity contribution in [2.24, 2.45) is 0 Å². The predicted molar refractivity (Wildman–Crippen MR) is 95.1 cm³/mol. The maximum Gasteiger partial charge on any atom is 0.259 e. The lowest BCUT2D eigenvalue weighted by Gasteiger charge is -2.21. The zero-order valence-electron chi connectivity index (χ0n) is 14.1. The number of anilines is 1. The number of nitrogens with zero attached hydrogens (tertiary/aromatic N) is 3. The number of para-hydroxylation sites is 1. The molecule has 0 radical (unpaired) electrons. The number of ether oxygens (including phenoxy) is 1. The van der Waals surface area contributed by atoms with E-state index >= 15 is 0 Å². The van der Waals surface area contributed by atoms with Gasteiger partial charge in [0.15, 0.2) is 11.5 Å². The van der Waals surface area contributed by atoms with E-state index in [9.17, 15) is 4.79 Å². The Kier molecular flexibility index (Phi) is 4.09. The first-order chi connectivity index (χ1) is 12.3. The average molecular weight is 336 g/mol. The molecule has 2 heterocycles. The molecule has 1 saturated carbocycles. The third-order valence-corrected chi connectivity index (χ3v) is 4.53. The summed E-state index contributed by atoms with van der Waals surface area (Å²) in [5.41, 5.74) is 1.83. The Hall–Kier alpha value is -2.89. The van der Waals surface area contributed by atoms with Crippen molar-refractivity contribution in [1.82, 2.24) is 14.6 Å². The minimum absolute atomic E-state index is 0.217. The van der Waals surface area contributed by atoms with Gasteiger partial charge in [-0.15, -0.1) is 0 Å². The Morgan fingerprint density at radius 2 is 2.12 bits per heavy atom. The fourth-order valence-electron chi connectivity index (χ4n) is 2.98. The summed E-state index contributed by atoms with van der Waals surface area (Å²) in [6.07, 6.45) is 5.37. The van der Waals surface area contributed by atoms with Gasteiger partial charge in [0.1, 0.15) is 5.75 Å². The highest BCUT2D eigenvalue weighted by Gasteiger charge is 2.24. The van der Waals surface area contributed by atoms with E-state index in [1.54, 1.807) is 16.6 Å². The zero-order valence-corrected chi connectivity index (χ0v) is 14.1. The number of rotatable bonds is 5. The summed E-state index contributed by atoms with van der Waals surface area (Å²) < 4.78 is 7.28. The molecule has 2 aromatic heterocycles. The first-order valence-corrected chi connectivity index (χ1v) is 8.64. The monoisotopic (exact) mass is 336 g/mol. The lowest BCUT2D eigenvalue weighted by atomic mass is 9.85. The van der Waals surface area contributed by atoms with Gasteiger partial charge in [0.2, 0.25) is 0 Å². The maximum absolute atomic E-state index is 12.7. The quantitative estimate of drug-likeness (QED) is 0.772. The molecule has 1 aromatic carbocycles. The van der Waals surface area contributed by atoms with E-state index in [0.29, 0.717) is 35.2 Å². The second-order valence-electron chi connectivity index (χ2n) is 6.17. The Labute approximate surface area is 145 Å². The third-order valence-electron chi connectivity index (χ3n) is 4.53. The normalized spacial score (nSPS) is 14.3. The van der Waals surface area contributed by atoms with Crippen LogP contribution in [0.3, 0.4) is 0 Å². The maximum atomic E-state index is 12.7. The number of nitrogens with one attached hydrogen (secondary N) is 1. The molecule has 1 amide bonds. The van der Waals surface area contributed by atoms with Crippen LogP contribution in [0.4, 0.5) is 5.69 Å². The van der Waals surface area contributed by atoms with Gasteiger partial charge in [0.05, 0.1) is 17.9 Å². The number of fused-ring (bicyclic) bond motifs is 1. The minimum Gasteiger partial charge on any atom is -0.493 e. The van der Waals surface area contributed by atoms with Gasteiger partial charge >= 0.3 is 0 Å². The molecule has 0 aliphatic heterocycles. The van der Waals surface area contributed by atoms with Crippen molar-refractivity contribution < 1.29 is 9.53 Å². The van der Waals surface area contributed by atoms with Crippen molar-refractivity contribution in [2.45, 2.75) is 32.1 Å². The molecule has 3 aromatic rings. The standard InChI is InChI=1S/C19H20N4O2/c1-2-25-16-11-4-3-9-14(16)19(24)20-15-10-6-12-23-18(15)21-17(22-23)13-7-5-8-13/h3-4,6,9-13H,2,5,7-8H2,1H3,(H,20,24). The van der Waals surface area contributed by atoms with Crippen LogP contribution in [-0.2, 0) is 0 Å². The van der Waals surface area contributed by atoms with Gasteiger partial charge in [-0.1, -0.05) is 18.6 Å². The summed E-state index contributed by atoms with van der Waals surface area (Å²) in [6.45, 7) is 2.41. The van der Waals surface area contributed by atoms with Crippen molar-refractivity contribution in [3.05, 3.63) is 54.0 Å². The van der Waals surface area contributed by atoms with Gasteiger partial charge in [0, 0.05) is 12.1 Å². The summed E-state index contributed by atoms with van der Waals surface area (Å²) in [7, 11) is 0. The van der Waals surface area contributed by atoms with E-state index in [0.717, 1.165) is 18.7 Å². The smallest absolute Gasteiger partial charge is 0.259 e. The molecule has 0 atom stereocenters. The second kappa shape index (κ2) is 6.55. The highest BCUT2D eigenvalue weighted by atomic mass is 16.5. The summed E-state index contributed by atoms with van der Waals surface area (Å²) in [6, 6.07) is 10.9. The molecular weight excluding hydrogens is 316 g/mol. The predicted octanol–water partition coefficient (Wildman–Crippen LogP) is 3.65. The fourth-order valence-corrected chi connectivity index (χ4v) is 2.98. The Morgan fingerprint density at radius 3 is 2.88 bits per heavy atom. The Morgan fingerprint density at radius 1 is 1.28 bits per heavy atom. The molecule has 128 valence electrons. The molecule has 1 N–H and O–H groups in total.